The van der Waals surface area contributed by atoms with Crippen LogP contribution in [-0.4, -0.2) is 35.4 Å². The number of rotatable bonds is 4. The average Bonchev–Trinajstić information content (AvgIpc) is 2.35. The maximum Gasteiger partial charge on any atom is 0.234 e. The minimum Gasteiger partial charge on any atom is -0.284 e. The number of aryl methyl sites for hydroxylation is 1. The van der Waals surface area contributed by atoms with Gasteiger partial charge in [-0.05, 0) is 43.5 Å². The summed E-state index contributed by atoms with van der Waals surface area (Å²) in [5, 5.41) is 0. The fourth-order valence-electron chi connectivity index (χ4n) is 2.28. The van der Waals surface area contributed by atoms with Crippen LogP contribution in [0, 0.1) is 0 Å². The molecule has 1 aliphatic rings. The van der Waals surface area contributed by atoms with Gasteiger partial charge < -0.3 is 0 Å². The molecule has 1 aliphatic heterocycles. The molecule has 1 aromatic rings. The summed E-state index contributed by atoms with van der Waals surface area (Å²) in [7, 11) is -6.62. The van der Waals surface area contributed by atoms with E-state index in [1.165, 1.54) is 4.31 Å². The summed E-state index contributed by atoms with van der Waals surface area (Å²) in [6.45, 7) is 2.09. The van der Waals surface area contributed by atoms with Gasteiger partial charge in [0.2, 0.25) is 20.0 Å². The van der Waals surface area contributed by atoms with Crippen molar-refractivity contribution in [2.24, 2.45) is 0 Å². The van der Waals surface area contributed by atoms with Crippen molar-refractivity contribution in [3.63, 3.8) is 0 Å². The van der Waals surface area contributed by atoms with E-state index in [0.717, 1.165) is 24.7 Å². The van der Waals surface area contributed by atoms with Crippen molar-refractivity contribution in [3.8, 4) is 0 Å². The molecule has 0 bridgehead atoms. The van der Waals surface area contributed by atoms with Crippen LogP contribution >= 0.6 is 0 Å². The second-order valence-electron chi connectivity index (χ2n) is 4.79. The zero-order chi connectivity index (χ0) is 15.0. The third kappa shape index (κ3) is 3.24. The molecule has 6 nitrogen and oxygen atoms in total. The molecule has 0 saturated carbocycles. The van der Waals surface area contributed by atoms with Gasteiger partial charge in [-0.1, -0.05) is 0 Å². The first kappa shape index (κ1) is 15.1. The Morgan fingerprint density at radius 3 is 2.55 bits per heavy atom. The van der Waals surface area contributed by atoms with E-state index in [1.807, 2.05) is 0 Å². The lowest BCUT2D eigenvalue weighted by atomic mass is 10.0. The SMILES string of the molecule is CCS(=O)(=O)N1CCCc2cc(NS(C)(=O)=O)ccc21. The lowest BCUT2D eigenvalue weighted by Gasteiger charge is -2.30. The normalized spacial score (nSPS) is 15.8. The van der Waals surface area contributed by atoms with Gasteiger partial charge in [-0.2, -0.15) is 0 Å². The molecule has 0 radical (unpaired) electrons. The molecule has 1 aromatic carbocycles. The summed E-state index contributed by atoms with van der Waals surface area (Å²) in [6, 6.07) is 4.95. The predicted molar refractivity (Wildman–Crippen MR) is 80.0 cm³/mol. The predicted octanol–water partition coefficient (Wildman–Crippen LogP) is 1.16. The number of fused-ring (bicyclic) bond motifs is 1. The van der Waals surface area contributed by atoms with Crippen molar-refractivity contribution in [2.75, 3.05) is 27.6 Å². The molecule has 0 unspecified atom stereocenters. The molecule has 8 heteroatoms. The van der Waals surface area contributed by atoms with Crippen LogP contribution in [0.15, 0.2) is 18.2 Å². The van der Waals surface area contributed by atoms with Gasteiger partial charge in [0.25, 0.3) is 0 Å². The second-order valence-corrected chi connectivity index (χ2v) is 8.72. The zero-order valence-electron chi connectivity index (χ0n) is 11.5. The van der Waals surface area contributed by atoms with Crippen LogP contribution in [0.25, 0.3) is 0 Å². The van der Waals surface area contributed by atoms with E-state index in [1.54, 1.807) is 25.1 Å². The fourth-order valence-corrected chi connectivity index (χ4v) is 4.04. The molecule has 2 rings (SSSR count). The van der Waals surface area contributed by atoms with Crippen molar-refractivity contribution >= 4 is 31.4 Å². The largest absolute Gasteiger partial charge is 0.284 e. The Morgan fingerprint density at radius 1 is 1.25 bits per heavy atom. The van der Waals surface area contributed by atoms with Gasteiger partial charge in [0, 0.05) is 12.2 Å². The third-order valence-corrected chi connectivity index (χ3v) is 5.55. The number of hydrogen-bond donors (Lipinski definition) is 1. The van der Waals surface area contributed by atoms with Gasteiger partial charge in [-0.25, -0.2) is 16.8 Å². The summed E-state index contributed by atoms with van der Waals surface area (Å²) in [4.78, 5) is 0. The molecule has 0 aliphatic carbocycles. The van der Waals surface area contributed by atoms with Crippen LogP contribution in [0.3, 0.4) is 0 Å². The minimum atomic E-state index is -3.33. The lowest BCUT2D eigenvalue weighted by molar-refractivity contribution is 0.587. The highest BCUT2D eigenvalue weighted by atomic mass is 32.2. The standard InChI is InChI=1S/C12H18N2O4S2/c1-3-20(17,18)14-8-4-5-10-9-11(6-7-12(10)14)13-19(2,15)16/h6-7,9,13H,3-5,8H2,1-2H3. The molecule has 1 N–H and O–H groups in total. The second kappa shape index (κ2) is 5.25. The minimum absolute atomic E-state index is 0.0514. The van der Waals surface area contributed by atoms with Gasteiger partial charge in [-0.15, -0.1) is 0 Å². The first-order chi connectivity index (χ1) is 9.23. The first-order valence-corrected chi connectivity index (χ1v) is 9.84. The van der Waals surface area contributed by atoms with E-state index in [4.69, 9.17) is 0 Å². The summed E-state index contributed by atoms with van der Waals surface area (Å²) in [5.74, 6) is 0.0514. The molecule has 0 atom stereocenters. The van der Waals surface area contributed by atoms with E-state index in [2.05, 4.69) is 4.72 Å². The topological polar surface area (TPSA) is 83.6 Å². The average molecular weight is 318 g/mol. The summed E-state index contributed by atoms with van der Waals surface area (Å²) >= 11 is 0. The Labute approximate surface area is 119 Å². The van der Waals surface area contributed by atoms with E-state index in [9.17, 15) is 16.8 Å². The van der Waals surface area contributed by atoms with E-state index in [-0.39, 0.29) is 5.75 Å². The molecular weight excluding hydrogens is 300 g/mol. The van der Waals surface area contributed by atoms with Crippen LogP contribution in [-0.2, 0) is 26.5 Å². The van der Waals surface area contributed by atoms with Crippen LogP contribution < -0.4 is 9.03 Å². The highest BCUT2D eigenvalue weighted by Crippen LogP contribution is 2.31. The van der Waals surface area contributed by atoms with Crippen LogP contribution in [0.1, 0.15) is 18.9 Å². The van der Waals surface area contributed by atoms with E-state index in [0.29, 0.717) is 17.9 Å². The van der Waals surface area contributed by atoms with Gasteiger partial charge in [0.15, 0.2) is 0 Å². The van der Waals surface area contributed by atoms with Crippen molar-refractivity contribution in [3.05, 3.63) is 23.8 Å². The van der Waals surface area contributed by atoms with Gasteiger partial charge >= 0.3 is 0 Å². The van der Waals surface area contributed by atoms with Crippen molar-refractivity contribution in [1.29, 1.82) is 0 Å². The van der Waals surface area contributed by atoms with Crippen LogP contribution in [0.2, 0.25) is 0 Å². The maximum atomic E-state index is 12.0. The summed E-state index contributed by atoms with van der Waals surface area (Å²) in [6.07, 6.45) is 2.55. The first-order valence-electron chi connectivity index (χ1n) is 6.34. The Hall–Kier alpha value is -1.28. The quantitative estimate of drug-likeness (QED) is 0.903. The Kier molecular flexibility index (Phi) is 3.97. The lowest BCUT2D eigenvalue weighted by Crippen LogP contribution is -2.36. The van der Waals surface area contributed by atoms with Crippen molar-refractivity contribution in [1.82, 2.24) is 0 Å². The monoisotopic (exact) mass is 318 g/mol. The molecule has 0 aromatic heterocycles. The number of anilines is 2. The van der Waals surface area contributed by atoms with Gasteiger partial charge in [0.05, 0.1) is 17.7 Å². The maximum absolute atomic E-state index is 12.0. The van der Waals surface area contributed by atoms with Crippen molar-refractivity contribution < 1.29 is 16.8 Å². The Bertz CT molecular complexity index is 711. The fraction of sp³-hybridized carbons (Fsp3) is 0.500. The molecule has 20 heavy (non-hydrogen) atoms. The molecule has 112 valence electrons. The highest BCUT2D eigenvalue weighted by molar-refractivity contribution is 7.92. The van der Waals surface area contributed by atoms with Gasteiger partial charge in [0.1, 0.15) is 0 Å². The summed E-state index contributed by atoms with van der Waals surface area (Å²) < 4.78 is 50.3. The molecule has 0 spiro atoms. The zero-order valence-corrected chi connectivity index (χ0v) is 13.1. The Balaban J connectivity index is 2.41. The van der Waals surface area contributed by atoms with E-state index >= 15 is 0 Å². The number of nitrogens with one attached hydrogen (secondary N) is 1. The van der Waals surface area contributed by atoms with E-state index < -0.39 is 20.0 Å². The number of hydrogen-bond acceptors (Lipinski definition) is 4. The van der Waals surface area contributed by atoms with Crippen LogP contribution in [0.5, 0.6) is 0 Å². The smallest absolute Gasteiger partial charge is 0.234 e. The molecule has 1 heterocycles. The molecule has 0 fully saturated rings. The number of nitrogens with zero attached hydrogens (tertiary/aromatic N) is 1. The van der Waals surface area contributed by atoms with Crippen LogP contribution in [0.4, 0.5) is 11.4 Å². The molecule has 0 amide bonds. The number of benzene rings is 1. The third-order valence-electron chi connectivity index (χ3n) is 3.16. The Morgan fingerprint density at radius 2 is 1.95 bits per heavy atom. The van der Waals surface area contributed by atoms with Crippen molar-refractivity contribution in [2.45, 2.75) is 19.8 Å². The number of sulfonamides is 2. The highest BCUT2D eigenvalue weighted by Gasteiger charge is 2.26. The molecular formula is C12H18N2O4S2. The molecule has 0 saturated heterocycles. The van der Waals surface area contributed by atoms with Gasteiger partial charge in [-0.3, -0.25) is 9.03 Å². The summed E-state index contributed by atoms with van der Waals surface area (Å²) in [5.41, 5.74) is 1.96.